The first-order valence-electron chi connectivity index (χ1n) is 5.08. The second kappa shape index (κ2) is 6.09. The van der Waals surface area contributed by atoms with E-state index in [-0.39, 0.29) is 13.2 Å². The number of para-hydroxylation sites is 1. The van der Waals surface area contributed by atoms with Gasteiger partial charge < -0.3 is 16.6 Å². The lowest BCUT2D eigenvalue weighted by molar-refractivity contribution is -0.119. The molecule has 0 bridgehead atoms. The van der Waals surface area contributed by atoms with Gasteiger partial charge in [0.2, 0.25) is 5.91 Å². The fourth-order valence-electron chi connectivity index (χ4n) is 1.49. The summed E-state index contributed by atoms with van der Waals surface area (Å²) in [6.07, 6.45) is 0. The molecule has 1 rings (SSSR count). The third kappa shape index (κ3) is 3.88. The molecule has 5 nitrogen and oxygen atoms in total. The van der Waals surface area contributed by atoms with E-state index in [2.05, 4.69) is 0 Å². The molecule has 1 aromatic carbocycles. The van der Waals surface area contributed by atoms with Crippen LogP contribution in [-0.4, -0.2) is 35.6 Å². The predicted octanol–water partition coefficient (Wildman–Crippen LogP) is -0.452. The summed E-state index contributed by atoms with van der Waals surface area (Å²) >= 11 is 0. The zero-order valence-corrected chi connectivity index (χ0v) is 9.10. The summed E-state index contributed by atoms with van der Waals surface area (Å²) in [6.45, 7) is 1.02. The van der Waals surface area contributed by atoms with Gasteiger partial charge in [-0.25, -0.2) is 0 Å². The molecule has 1 amide bonds. The number of carbonyl (C=O) groups excluding carboxylic acids is 1. The molecule has 0 saturated heterocycles. The normalized spacial score (nSPS) is 10.6. The Morgan fingerprint density at radius 1 is 1.38 bits per heavy atom. The highest BCUT2D eigenvalue weighted by atomic mass is 16.3. The number of rotatable bonds is 6. The molecule has 1 aromatic rings. The van der Waals surface area contributed by atoms with Crippen molar-refractivity contribution in [3.8, 4) is 0 Å². The molecule has 0 saturated carbocycles. The standard InChI is InChI=1S/C11H17N3O2/c12-10-4-2-1-3-9(10)7-14(5-6-15)8-11(13)16/h1-4,15H,5-8,12H2,(H2,13,16). The van der Waals surface area contributed by atoms with Crippen LogP contribution in [0.1, 0.15) is 5.56 Å². The van der Waals surface area contributed by atoms with E-state index in [1.807, 2.05) is 18.2 Å². The van der Waals surface area contributed by atoms with Crippen LogP contribution in [0.2, 0.25) is 0 Å². The molecular weight excluding hydrogens is 206 g/mol. The van der Waals surface area contributed by atoms with Crippen LogP contribution in [0.5, 0.6) is 0 Å². The minimum absolute atomic E-state index is 0.0139. The maximum Gasteiger partial charge on any atom is 0.231 e. The molecule has 88 valence electrons. The summed E-state index contributed by atoms with van der Waals surface area (Å²) in [4.78, 5) is 12.6. The van der Waals surface area contributed by atoms with Gasteiger partial charge in [0.05, 0.1) is 13.2 Å². The number of aliphatic hydroxyl groups is 1. The number of benzene rings is 1. The molecule has 16 heavy (non-hydrogen) atoms. The van der Waals surface area contributed by atoms with Crippen molar-refractivity contribution in [2.75, 3.05) is 25.4 Å². The molecule has 0 spiro atoms. The third-order valence-corrected chi connectivity index (χ3v) is 2.24. The number of hydrogen-bond donors (Lipinski definition) is 3. The molecule has 0 aliphatic heterocycles. The summed E-state index contributed by atoms with van der Waals surface area (Å²) in [7, 11) is 0. The second-order valence-electron chi connectivity index (χ2n) is 3.60. The van der Waals surface area contributed by atoms with E-state index in [1.54, 1.807) is 11.0 Å². The Hall–Kier alpha value is -1.59. The average Bonchev–Trinajstić information content (AvgIpc) is 2.21. The Balaban J connectivity index is 2.67. The lowest BCUT2D eigenvalue weighted by atomic mass is 10.1. The fourth-order valence-corrected chi connectivity index (χ4v) is 1.49. The highest BCUT2D eigenvalue weighted by Gasteiger charge is 2.09. The smallest absolute Gasteiger partial charge is 0.231 e. The Bertz CT molecular complexity index is 355. The number of nitrogens with zero attached hydrogens (tertiary/aromatic N) is 1. The van der Waals surface area contributed by atoms with Crippen molar-refractivity contribution < 1.29 is 9.90 Å². The van der Waals surface area contributed by atoms with E-state index in [1.165, 1.54) is 0 Å². The van der Waals surface area contributed by atoms with Gasteiger partial charge in [0.1, 0.15) is 0 Å². The van der Waals surface area contributed by atoms with Crippen LogP contribution in [0.25, 0.3) is 0 Å². The fraction of sp³-hybridized carbons (Fsp3) is 0.364. The lowest BCUT2D eigenvalue weighted by Crippen LogP contribution is -2.35. The van der Waals surface area contributed by atoms with E-state index in [4.69, 9.17) is 16.6 Å². The molecule has 0 aliphatic rings. The number of nitrogen functional groups attached to an aromatic ring is 1. The van der Waals surface area contributed by atoms with Crippen LogP contribution in [0.4, 0.5) is 5.69 Å². The molecule has 5 N–H and O–H groups in total. The summed E-state index contributed by atoms with van der Waals surface area (Å²) in [5, 5.41) is 8.87. The minimum Gasteiger partial charge on any atom is -0.398 e. The van der Waals surface area contributed by atoms with Crippen LogP contribution in [0.15, 0.2) is 24.3 Å². The SMILES string of the molecule is NC(=O)CN(CCO)Cc1ccccc1N. The molecule has 0 fully saturated rings. The number of aliphatic hydroxyl groups excluding tert-OH is 1. The van der Waals surface area contributed by atoms with Gasteiger partial charge >= 0.3 is 0 Å². The zero-order valence-electron chi connectivity index (χ0n) is 9.10. The van der Waals surface area contributed by atoms with E-state index < -0.39 is 5.91 Å². The number of amides is 1. The highest BCUT2D eigenvalue weighted by Crippen LogP contribution is 2.12. The molecule has 0 radical (unpaired) electrons. The molecule has 0 heterocycles. The van der Waals surface area contributed by atoms with Crippen molar-refractivity contribution >= 4 is 11.6 Å². The largest absolute Gasteiger partial charge is 0.398 e. The van der Waals surface area contributed by atoms with Crippen molar-refractivity contribution in [1.82, 2.24) is 4.90 Å². The number of primary amides is 1. The van der Waals surface area contributed by atoms with Crippen LogP contribution >= 0.6 is 0 Å². The van der Waals surface area contributed by atoms with Crippen LogP contribution in [0.3, 0.4) is 0 Å². The van der Waals surface area contributed by atoms with Crippen LogP contribution in [0, 0.1) is 0 Å². The second-order valence-corrected chi connectivity index (χ2v) is 3.60. The molecular formula is C11H17N3O2. The van der Waals surface area contributed by atoms with Crippen LogP contribution in [-0.2, 0) is 11.3 Å². The minimum atomic E-state index is -0.414. The van der Waals surface area contributed by atoms with E-state index >= 15 is 0 Å². The van der Waals surface area contributed by atoms with Crippen molar-refractivity contribution in [1.29, 1.82) is 0 Å². The summed E-state index contributed by atoms with van der Waals surface area (Å²) in [5.74, 6) is -0.414. The molecule has 0 unspecified atom stereocenters. The van der Waals surface area contributed by atoms with Gasteiger partial charge in [-0.1, -0.05) is 18.2 Å². The zero-order chi connectivity index (χ0) is 12.0. The van der Waals surface area contributed by atoms with Gasteiger partial charge in [0, 0.05) is 18.8 Å². The average molecular weight is 223 g/mol. The lowest BCUT2D eigenvalue weighted by Gasteiger charge is -2.20. The molecule has 0 atom stereocenters. The monoisotopic (exact) mass is 223 g/mol. The number of anilines is 1. The Kier molecular flexibility index (Phi) is 4.75. The van der Waals surface area contributed by atoms with Crippen molar-refractivity contribution in [3.05, 3.63) is 29.8 Å². The summed E-state index contributed by atoms with van der Waals surface area (Å²) < 4.78 is 0. The molecule has 0 aromatic heterocycles. The number of hydrogen-bond acceptors (Lipinski definition) is 4. The summed E-state index contributed by atoms with van der Waals surface area (Å²) in [6, 6.07) is 7.42. The van der Waals surface area contributed by atoms with Gasteiger partial charge in [-0.3, -0.25) is 9.69 Å². The Labute approximate surface area is 94.7 Å². The van der Waals surface area contributed by atoms with E-state index in [0.717, 1.165) is 5.56 Å². The maximum atomic E-state index is 10.8. The van der Waals surface area contributed by atoms with Gasteiger partial charge in [-0.2, -0.15) is 0 Å². The Morgan fingerprint density at radius 2 is 2.06 bits per heavy atom. The highest BCUT2D eigenvalue weighted by molar-refractivity contribution is 5.75. The van der Waals surface area contributed by atoms with Gasteiger partial charge in [-0.15, -0.1) is 0 Å². The maximum absolute atomic E-state index is 10.8. The van der Waals surface area contributed by atoms with Gasteiger partial charge in [-0.05, 0) is 11.6 Å². The third-order valence-electron chi connectivity index (χ3n) is 2.24. The van der Waals surface area contributed by atoms with Crippen molar-refractivity contribution in [2.45, 2.75) is 6.54 Å². The quantitative estimate of drug-likeness (QED) is 0.569. The first-order valence-corrected chi connectivity index (χ1v) is 5.08. The van der Waals surface area contributed by atoms with Crippen molar-refractivity contribution in [2.24, 2.45) is 5.73 Å². The predicted molar refractivity (Wildman–Crippen MR) is 62.4 cm³/mol. The van der Waals surface area contributed by atoms with E-state index in [9.17, 15) is 4.79 Å². The van der Waals surface area contributed by atoms with Crippen LogP contribution < -0.4 is 11.5 Å². The first kappa shape index (κ1) is 12.5. The first-order chi connectivity index (χ1) is 7.63. The van der Waals surface area contributed by atoms with Crippen molar-refractivity contribution in [3.63, 3.8) is 0 Å². The molecule has 5 heteroatoms. The summed E-state index contributed by atoms with van der Waals surface area (Å²) in [5.41, 5.74) is 12.5. The van der Waals surface area contributed by atoms with Gasteiger partial charge in [0.15, 0.2) is 0 Å². The molecule has 0 aliphatic carbocycles. The van der Waals surface area contributed by atoms with E-state index in [0.29, 0.717) is 18.8 Å². The van der Waals surface area contributed by atoms with Gasteiger partial charge in [0.25, 0.3) is 0 Å². The number of carbonyl (C=O) groups is 1. The topological polar surface area (TPSA) is 92.6 Å². The Morgan fingerprint density at radius 3 is 2.62 bits per heavy atom. The number of nitrogens with two attached hydrogens (primary N) is 2.